The number of anilines is 1. The van der Waals surface area contributed by atoms with Gasteiger partial charge in [-0.1, -0.05) is 6.92 Å². The maximum Gasteiger partial charge on any atom is 0.182 e. The van der Waals surface area contributed by atoms with Gasteiger partial charge in [-0.2, -0.15) is 0 Å². The van der Waals surface area contributed by atoms with E-state index < -0.39 is 0 Å². The van der Waals surface area contributed by atoms with Crippen LogP contribution in [-0.2, 0) is 11.3 Å². The third kappa shape index (κ3) is 2.90. The number of hydrogen-bond donors (Lipinski definition) is 1. The first kappa shape index (κ1) is 14.0. The number of tetrazole rings is 1. The zero-order valence-electron chi connectivity index (χ0n) is 12.5. The van der Waals surface area contributed by atoms with Crippen molar-refractivity contribution >= 4 is 5.69 Å². The van der Waals surface area contributed by atoms with Gasteiger partial charge in [-0.3, -0.25) is 0 Å². The van der Waals surface area contributed by atoms with Gasteiger partial charge in [0.15, 0.2) is 5.82 Å². The Morgan fingerprint density at radius 3 is 2.81 bits per heavy atom. The van der Waals surface area contributed by atoms with E-state index in [2.05, 4.69) is 22.4 Å². The number of aryl methyl sites for hydroxylation is 1. The van der Waals surface area contributed by atoms with E-state index in [0.717, 1.165) is 55.2 Å². The molecule has 2 heterocycles. The van der Waals surface area contributed by atoms with Crippen LogP contribution in [0, 0.1) is 12.3 Å². The zero-order valence-corrected chi connectivity index (χ0v) is 12.5. The molecule has 0 unspecified atom stereocenters. The quantitative estimate of drug-likeness (QED) is 0.874. The molecule has 3 rings (SSSR count). The molecule has 0 radical (unpaired) electrons. The highest BCUT2D eigenvalue weighted by Gasteiger charge is 2.29. The lowest BCUT2D eigenvalue weighted by atomic mass is 9.82. The Bertz CT molecular complexity index is 631. The summed E-state index contributed by atoms with van der Waals surface area (Å²) >= 11 is 0. The summed E-state index contributed by atoms with van der Waals surface area (Å²) < 4.78 is 7.35. The molecule has 0 saturated carbocycles. The van der Waals surface area contributed by atoms with Gasteiger partial charge in [-0.05, 0) is 59.4 Å². The average molecular weight is 287 g/mol. The second-order valence-corrected chi connectivity index (χ2v) is 6.15. The van der Waals surface area contributed by atoms with Gasteiger partial charge in [0.25, 0.3) is 0 Å². The standard InChI is InChI=1S/C15H21N5O/c1-11-9-12(3-4-13(11)16)14-17-18-19-20(14)10-15(2)5-7-21-8-6-15/h3-4,9H,5-8,10,16H2,1-2H3. The van der Waals surface area contributed by atoms with Crippen LogP contribution in [0.1, 0.15) is 25.3 Å². The first-order valence-corrected chi connectivity index (χ1v) is 7.28. The predicted octanol–water partition coefficient (Wildman–Crippen LogP) is 2.05. The fourth-order valence-corrected chi connectivity index (χ4v) is 2.72. The Labute approximate surface area is 124 Å². The van der Waals surface area contributed by atoms with Gasteiger partial charge in [-0.15, -0.1) is 5.10 Å². The minimum absolute atomic E-state index is 0.186. The molecule has 1 saturated heterocycles. The normalized spacial score (nSPS) is 17.8. The van der Waals surface area contributed by atoms with E-state index in [1.807, 2.05) is 29.8 Å². The van der Waals surface area contributed by atoms with Gasteiger partial charge in [-0.25, -0.2) is 4.68 Å². The van der Waals surface area contributed by atoms with Crippen LogP contribution in [0.25, 0.3) is 11.4 Å². The van der Waals surface area contributed by atoms with E-state index in [9.17, 15) is 0 Å². The van der Waals surface area contributed by atoms with Crippen molar-refractivity contribution in [3.63, 3.8) is 0 Å². The summed E-state index contributed by atoms with van der Waals surface area (Å²) in [5.41, 5.74) is 8.89. The van der Waals surface area contributed by atoms with E-state index in [1.165, 1.54) is 0 Å². The third-order valence-electron chi connectivity index (χ3n) is 4.29. The van der Waals surface area contributed by atoms with Crippen LogP contribution in [0.2, 0.25) is 0 Å². The fraction of sp³-hybridized carbons (Fsp3) is 0.533. The number of aromatic nitrogens is 4. The SMILES string of the molecule is Cc1cc(-c2nnnn2CC2(C)CCOCC2)ccc1N. The van der Waals surface area contributed by atoms with Crippen LogP contribution in [-0.4, -0.2) is 33.4 Å². The lowest BCUT2D eigenvalue weighted by Gasteiger charge is -2.33. The molecule has 1 aliphatic rings. The van der Waals surface area contributed by atoms with E-state index in [0.29, 0.717) is 0 Å². The molecule has 1 fully saturated rings. The highest BCUT2D eigenvalue weighted by atomic mass is 16.5. The van der Waals surface area contributed by atoms with Crippen molar-refractivity contribution in [2.75, 3.05) is 18.9 Å². The molecule has 1 aromatic heterocycles. The second-order valence-electron chi connectivity index (χ2n) is 6.15. The van der Waals surface area contributed by atoms with Crippen LogP contribution in [0.15, 0.2) is 18.2 Å². The first-order valence-electron chi connectivity index (χ1n) is 7.28. The van der Waals surface area contributed by atoms with Crippen LogP contribution in [0.3, 0.4) is 0 Å². The molecule has 6 heteroatoms. The molecule has 0 bridgehead atoms. The molecule has 1 aromatic carbocycles. The van der Waals surface area contributed by atoms with E-state index in [1.54, 1.807) is 0 Å². The fourth-order valence-electron chi connectivity index (χ4n) is 2.72. The van der Waals surface area contributed by atoms with Crippen LogP contribution < -0.4 is 5.73 Å². The molecule has 2 aromatic rings. The van der Waals surface area contributed by atoms with Crippen LogP contribution in [0.4, 0.5) is 5.69 Å². The Morgan fingerprint density at radius 1 is 1.33 bits per heavy atom. The first-order chi connectivity index (χ1) is 10.1. The maximum atomic E-state index is 5.88. The molecule has 0 atom stereocenters. The molecule has 2 N–H and O–H groups in total. The minimum atomic E-state index is 0.186. The average Bonchev–Trinajstić information content (AvgIpc) is 2.90. The molecule has 6 nitrogen and oxygen atoms in total. The van der Waals surface area contributed by atoms with Crippen molar-refractivity contribution in [2.45, 2.75) is 33.2 Å². The van der Waals surface area contributed by atoms with Crippen molar-refractivity contribution in [2.24, 2.45) is 5.41 Å². The van der Waals surface area contributed by atoms with Gasteiger partial charge in [0.2, 0.25) is 0 Å². The summed E-state index contributed by atoms with van der Waals surface area (Å²) in [5.74, 6) is 0.797. The highest BCUT2D eigenvalue weighted by Crippen LogP contribution is 2.32. The van der Waals surface area contributed by atoms with Crippen molar-refractivity contribution in [1.82, 2.24) is 20.2 Å². The summed E-state index contributed by atoms with van der Waals surface area (Å²) in [6.45, 7) is 6.70. The van der Waals surface area contributed by atoms with E-state index in [4.69, 9.17) is 10.5 Å². The van der Waals surface area contributed by atoms with Crippen LogP contribution >= 0.6 is 0 Å². The molecular formula is C15H21N5O. The van der Waals surface area contributed by atoms with Crippen molar-refractivity contribution in [3.8, 4) is 11.4 Å². The number of hydrogen-bond acceptors (Lipinski definition) is 5. The Kier molecular flexibility index (Phi) is 3.63. The van der Waals surface area contributed by atoms with Gasteiger partial charge in [0.05, 0.1) is 6.54 Å². The van der Waals surface area contributed by atoms with Crippen molar-refractivity contribution in [1.29, 1.82) is 0 Å². The van der Waals surface area contributed by atoms with Crippen molar-refractivity contribution < 1.29 is 4.74 Å². The van der Waals surface area contributed by atoms with Gasteiger partial charge in [0, 0.05) is 24.5 Å². The van der Waals surface area contributed by atoms with E-state index >= 15 is 0 Å². The molecule has 0 amide bonds. The zero-order chi connectivity index (χ0) is 14.9. The lowest BCUT2D eigenvalue weighted by Crippen LogP contribution is -2.31. The van der Waals surface area contributed by atoms with Crippen LogP contribution in [0.5, 0.6) is 0 Å². The number of nitrogen functional groups attached to an aromatic ring is 1. The maximum absolute atomic E-state index is 5.88. The number of nitrogens with two attached hydrogens (primary N) is 1. The molecular weight excluding hydrogens is 266 g/mol. The summed E-state index contributed by atoms with van der Waals surface area (Å²) in [7, 11) is 0. The number of nitrogens with zero attached hydrogens (tertiary/aromatic N) is 4. The summed E-state index contributed by atoms with van der Waals surface area (Å²) in [5, 5.41) is 12.2. The molecule has 21 heavy (non-hydrogen) atoms. The molecule has 1 aliphatic heterocycles. The summed E-state index contributed by atoms with van der Waals surface area (Å²) in [6, 6.07) is 5.90. The summed E-state index contributed by atoms with van der Waals surface area (Å²) in [4.78, 5) is 0. The third-order valence-corrected chi connectivity index (χ3v) is 4.29. The molecule has 112 valence electrons. The monoisotopic (exact) mass is 287 g/mol. The number of ether oxygens (including phenoxy) is 1. The predicted molar refractivity (Wildman–Crippen MR) is 80.6 cm³/mol. The largest absolute Gasteiger partial charge is 0.399 e. The molecule has 0 aliphatic carbocycles. The topological polar surface area (TPSA) is 78.8 Å². The lowest BCUT2D eigenvalue weighted by molar-refractivity contribution is 0.0138. The molecule has 0 spiro atoms. The van der Waals surface area contributed by atoms with Gasteiger partial charge < -0.3 is 10.5 Å². The summed E-state index contributed by atoms with van der Waals surface area (Å²) in [6.07, 6.45) is 2.07. The Morgan fingerprint density at radius 2 is 2.10 bits per heavy atom. The van der Waals surface area contributed by atoms with Gasteiger partial charge in [0.1, 0.15) is 0 Å². The number of benzene rings is 1. The van der Waals surface area contributed by atoms with E-state index in [-0.39, 0.29) is 5.41 Å². The Hall–Kier alpha value is -1.95. The number of rotatable bonds is 3. The Balaban J connectivity index is 1.88. The smallest absolute Gasteiger partial charge is 0.182 e. The van der Waals surface area contributed by atoms with Gasteiger partial charge >= 0.3 is 0 Å². The highest BCUT2D eigenvalue weighted by molar-refractivity contribution is 5.61. The second kappa shape index (κ2) is 5.44. The minimum Gasteiger partial charge on any atom is -0.399 e. The van der Waals surface area contributed by atoms with Crippen molar-refractivity contribution in [3.05, 3.63) is 23.8 Å².